The normalized spacial score (nSPS) is 15.1. The summed E-state index contributed by atoms with van der Waals surface area (Å²) in [5.41, 5.74) is 2.71. The average molecular weight is 319 g/mol. The fourth-order valence-corrected chi connectivity index (χ4v) is 3.58. The molecule has 4 heteroatoms. The molecule has 0 saturated heterocycles. The summed E-state index contributed by atoms with van der Waals surface area (Å²) in [6, 6.07) is 8.86. The third-order valence-electron chi connectivity index (χ3n) is 3.33. The van der Waals surface area contributed by atoms with E-state index in [0.29, 0.717) is 10.0 Å². The highest BCUT2D eigenvalue weighted by Crippen LogP contribution is 2.15. The Kier molecular flexibility index (Phi) is 7.00. The SMILES string of the molecule is C[SiH](C)C(Cl)Cc1ccc(CC(Cl)[SiH](C)C)cc1. The van der Waals surface area contributed by atoms with Crippen LogP contribution in [0.25, 0.3) is 0 Å². The van der Waals surface area contributed by atoms with Crippen LogP contribution < -0.4 is 0 Å². The maximum absolute atomic E-state index is 6.36. The molecule has 0 aliphatic heterocycles. The molecular formula is C14H24Cl2Si2. The number of hydrogen-bond acceptors (Lipinski definition) is 0. The zero-order valence-electron chi connectivity index (χ0n) is 11.8. The van der Waals surface area contributed by atoms with Crippen molar-refractivity contribution in [2.75, 3.05) is 0 Å². The summed E-state index contributed by atoms with van der Waals surface area (Å²) < 4.78 is 0. The van der Waals surface area contributed by atoms with Gasteiger partial charge in [0.2, 0.25) is 0 Å². The standard InChI is InChI=1S/C14H24Cl2Si2/c1-17(2)13(15)9-11-5-7-12(8-6-11)10-14(16)18(3)4/h5-8,13-14,17-18H,9-10H2,1-4H3. The minimum Gasteiger partial charge on any atom is -0.127 e. The van der Waals surface area contributed by atoms with Gasteiger partial charge in [0.15, 0.2) is 0 Å². The molecule has 0 bridgehead atoms. The monoisotopic (exact) mass is 318 g/mol. The van der Waals surface area contributed by atoms with Gasteiger partial charge in [-0.3, -0.25) is 0 Å². The summed E-state index contributed by atoms with van der Waals surface area (Å²) in [7, 11) is -1.47. The second-order valence-corrected chi connectivity index (χ2v) is 14.3. The van der Waals surface area contributed by atoms with Crippen LogP contribution in [0.5, 0.6) is 0 Å². The van der Waals surface area contributed by atoms with Crippen LogP contribution >= 0.6 is 23.2 Å². The Labute approximate surface area is 125 Å². The first-order valence-electron chi connectivity index (χ1n) is 6.76. The van der Waals surface area contributed by atoms with Crippen LogP contribution in [0.15, 0.2) is 24.3 Å². The van der Waals surface area contributed by atoms with Crippen molar-refractivity contribution in [3.05, 3.63) is 35.4 Å². The van der Waals surface area contributed by atoms with Crippen molar-refractivity contribution in [1.82, 2.24) is 0 Å². The molecular weight excluding hydrogens is 295 g/mol. The van der Waals surface area contributed by atoms with Crippen LogP contribution in [0, 0.1) is 0 Å². The quantitative estimate of drug-likeness (QED) is 0.548. The molecule has 0 heterocycles. The maximum atomic E-state index is 6.36. The van der Waals surface area contributed by atoms with Crippen molar-refractivity contribution in [3.8, 4) is 0 Å². The third-order valence-corrected chi connectivity index (χ3v) is 10.0. The average Bonchev–Trinajstić information content (AvgIpc) is 2.31. The Morgan fingerprint density at radius 2 is 1.06 bits per heavy atom. The van der Waals surface area contributed by atoms with E-state index < -0.39 is 17.6 Å². The molecule has 2 unspecified atom stereocenters. The van der Waals surface area contributed by atoms with Gasteiger partial charge in [-0.05, 0) is 24.0 Å². The molecule has 0 aliphatic carbocycles. The third kappa shape index (κ3) is 5.47. The van der Waals surface area contributed by atoms with E-state index in [1.807, 2.05) is 0 Å². The van der Waals surface area contributed by atoms with Gasteiger partial charge >= 0.3 is 0 Å². The number of halogens is 2. The molecule has 0 nitrogen and oxygen atoms in total. The van der Waals surface area contributed by atoms with Crippen molar-refractivity contribution >= 4 is 40.8 Å². The smallest absolute Gasteiger partial charge is 0.0523 e. The minimum absolute atomic E-state index is 0.361. The lowest BCUT2D eigenvalue weighted by Crippen LogP contribution is -2.21. The van der Waals surface area contributed by atoms with E-state index in [-0.39, 0.29) is 0 Å². The highest BCUT2D eigenvalue weighted by Gasteiger charge is 2.13. The zero-order valence-corrected chi connectivity index (χ0v) is 15.6. The lowest BCUT2D eigenvalue weighted by atomic mass is 10.1. The fourth-order valence-electron chi connectivity index (χ4n) is 1.73. The largest absolute Gasteiger partial charge is 0.127 e. The summed E-state index contributed by atoms with van der Waals surface area (Å²) in [6.45, 7) is 9.21. The molecule has 0 radical (unpaired) electrons. The number of rotatable bonds is 6. The Bertz CT molecular complexity index is 314. The fraction of sp³-hybridized carbons (Fsp3) is 0.571. The van der Waals surface area contributed by atoms with E-state index in [2.05, 4.69) is 50.5 Å². The second-order valence-electron chi connectivity index (χ2n) is 5.74. The van der Waals surface area contributed by atoms with E-state index >= 15 is 0 Å². The summed E-state index contributed by atoms with van der Waals surface area (Å²) in [6.07, 6.45) is 2.02. The summed E-state index contributed by atoms with van der Waals surface area (Å²) in [5.74, 6) is 0. The van der Waals surface area contributed by atoms with Crippen LogP contribution in [0.3, 0.4) is 0 Å². The Morgan fingerprint density at radius 1 is 0.778 bits per heavy atom. The topological polar surface area (TPSA) is 0 Å². The van der Waals surface area contributed by atoms with Crippen molar-refractivity contribution in [1.29, 1.82) is 0 Å². The van der Waals surface area contributed by atoms with E-state index in [1.54, 1.807) is 0 Å². The van der Waals surface area contributed by atoms with Gasteiger partial charge in [-0.2, -0.15) is 0 Å². The van der Waals surface area contributed by atoms with Gasteiger partial charge in [-0.25, -0.2) is 0 Å². The molecule has 0 aromatic heterocycles. The Balaban J connectivity index is 2.57. The van der Waals surface area contributed by atoms with Gasteiger partial charge in [0, 0.05) is 10.0 Å². The lowest BCUT2D eigenvalue weighted by molar-refractivity contribution is 1.03. The number of alkyl halides is 2. The van der Waals surface area contributed by atoms with Crippen LogP contribution in [0.1, 0.15) is 11.1 Å². The van der Waals surface area contributed by atoms with Gasteiger partial charge in [-0.1, -0.05) is 50.5 Å². The van der Waals surface area contributed by atoms with E-state index in [9.17, 15) is 0 Å². The molecule has 0 spiro atoms. The van der Waals surface area contributed by atoms with E-state index in [1.165, 1.54) is 11.1 Å². The Morgan fingerprint density at radius 3 is 1.28 bits per heavy atom. The number of hydrogen-bond donors (Lipinski definition) is 0. The van der Waals surface area contributed by atoms with Crippen molar-refractivity contribution in [3.63, 3.8) is 0 Å². The predicted molar refractivity (Wildman–Crippen MR) is 90.9 cm³/mol. The summed E-state index contributed by atoms with van der Waals surface area (Å²) in [5, 5.41) is 0.722. The minimum atomic E-state index is -0.734. The van der Waals surface area contributed by atoms with Crippen LogP contribution in [-0.2, 0) is 12.8 Å². The maximum Gasteiger partial charge on any atom is 0.0523 e. The molecule has 0 fully saturated rings. The molecule has 1 aromatic carbocycles. The van der Waals surface area contributed by atoms with Gasteiger partial charge in [-0.15, -0.1) is 23.2 Å². The molecule has 0 N–H and O–H groups in total. The number of benzene rings is 1. The predicted octanol–water partition coefficient (Wildman–Crippen LogP) is 4.04. The molecule has 0 aliphatic rings. The summed E-state index contributed by atoms with van der Waals surface area (Å²) in [4.78, 5) is 0. The second kappa shape index (κ2) is 7.73. The molecule has 18 heavy (non-hydrogen) atoms. The van der Waals surface area contributed by atoms with Crippen LogP contribution in [0.2, 0.25) is 26.2 Å². The first-order valence-corrected chi connectivity index (χ1v) is 13.6. The van der Waals surface area contributed by atoms with Crippen molar-refractivity contribution < 1.29 is 0 Å². The molecule has 0 saturated carbocycles. The van der Waals surface area contributed by atoms with E-state index in [0.717, 1.165) is 12.8 Å². The van der Waals surface area contributed by atoms with Crippen molar-refractivity contribution in [2.24, 2.45) is 0 Å². The van der Waals surface area contributed by atoms with Gasteiger partial charge in [0.1, 0.15) is 0 Å². The molecule has 2 atom stereocenters. The molecule has 1 aromatic rings. The highest BCUT2D eigenvalue weighted by atomic mass is 35.5. The summed E-state index contributed by atoms with van der Waals surface area (Å²) >= 11 is 12.7. The van der Waals surface area contributed by atoms with Crippen LogP contribution in [0.4, 0.5) is 0 Å². The van der Waals surface area contributed by atoms with E-state index in [4.69, 9.17) is 23.2 Å². The molecule has 102 valence electrons. The van der Waals surface area contributed by atoms with Gasteiger partial charge in [0.25, 0.3) is 0 Å². The van der Waals surface area contributed by atoms with Crippen LogP contribution in [-0.4, -0.2) is 27.6 Å². The lowest BCUT2D eigenvalue weighted by Gasteiger charge is -2.14. The zero-order chi connectivity index (χ0) is 13.7. The molecule has 1 rings (SSSR count). The highest BCUT2D eigenvalue weighted by molar-refractivity contribution is 6.67. The van der Waals surface area contributed by atoms with Gasteiger partial charge in [0.05, 0.1) is 17.6 Å². The molecule has 0 amide bonds. The first kappa shape index (κ1) is 16.3. The first-order chi connectivity index (χ1) is 8.40. The Hall–Kier alpha value is 0.234. The van der Waals surface area contributed by atoms with Crippen molar-refractivity contribution in [2.45, 2.75) is 49.0 Å². The van der Waals surface area contributed by atoms with Gasteiger partial charge < -0.3 is 0 Å².